The van der Waals surface area contributed by atoms with E-state index < -0.39 is 6.83 Å². The monoisotopic (exact) mass is 318 g/mol. The first-order chi connectivity index (χ1) is 9.97. The molecule has 0 aromatic carbocycles. The fraction of sp³-hybridized carbons (Fsp3) is 0.944. The molecule has 0 fully saturated rings. The summed E-state index contributed by atoms with van der Waals surface area (Å²) in [7, 11) is 0. The second kappa shape index (κ2) is 10.6. The van der Waals surface area contributed by atoms with Gasteiger partial charge in [0, 0.05) is 0 Å². The van der Waals surface area contributed by atoms with Crippen LogP contribution in [0, 0.1) is 0 Å². The summed E-state index contributed by atoms with van der Waals surface area (Å²) in [6, 6.07) is 0. The summed E-state index contributed by atoms with van der Waals surface area (Å²) in [6.07, 6.45) is 14.3. The average Bonchev–Trinajstić information content (AvgIpc) is 2.47. The van der Waals surface area contributed by atoms with Crippen molar-refractivity contribution in [3.8, 4) is 0 Å². The summed E-state index contributed by atoms with van der Waals surface area (Å²) in [4.78, 5) is 11.9. The van der Waals surface area contributed by atoms with Crippen LogP contribution in [0.15, 0.2) is 0 Å². The van der Waals surface area contributed by atoms with Crippen LogP contribution in [0.5, 0.6) is 0 Å². The molecule has 0 aromatic rings. The van der Waals surface area contributed by atoms with Crippen LogP contribution < -0.4 is 0 Å². The molecule has 21 heavy (non-hydrogen) atoms. The Hall–Kier alpha value is -0.100. The predicted octanol–water partition coefficient (Wildman–Crippen LogP) is 6.22. The molecular weight excluding hydrogens is 279 g/mol. The summed E-state index contributed by atoms with van der Waals surface area (Å²) < 4.78 is 6.33. The van der Waals surface area contributed by atoms with Crippen molar-refractivity contribution in [2.45, 2.75) is 86.0 Å². The van der Waals surface area contributed by atoms with E-state index in [0.717, 1.165) is 0 Å². The molecule has 0 atom stereocenters. The zero-order chi connectivity index (χ0) is 16.2. The molecule has 0 aliphatic carbocycles. The van der Waals surface area contributed by atoms with E-state index in [-0.39, 0.29) is 5.97 Å². The van der Waals surface area contributed by atoms with E-state index in [9.17, 15) is 4.79 Å². The summed E-state index contributed by atoms with van der Waals surface area (Å²) in [6.45, 7) is 8.29. The van der Waals surface area contributed by atoms with Crippen LogP contribution in [0.3, 0.4) is 0 Å². The number of carbonyl (C=O) groups excluding carboxylic acids is 1. The van der Waals surface area contributed by atoms with Crippen molar-refractivity contribution < 1.29 is 9.32 Å². The maximum atomic E-state index is 11.9. The summed E-state index contributed by atoms with van der Waals surface area (Å²) in [5, 5.41) is 0. The van der Waals surface area contributed by atoms with E-state index in [4.69, 9.17) is 4.52 Å². The molecule has 0 heterocycles. The van der Waals surface area contributed by atoms with Gasteiger partial charge in [-0.3, -0.25) is 0 Å². The minimum absolute atomic E-state index is 0.0351. The van der Waals surface area contributed by atoms with Gasteiger partial charge >= 0.3 is 133 Å². The first-order valence-corrected chi connectivity index (χ1v) is 12.1. The molecule has 0 bridgehead atoms. The van der Waals surface area contributed by atoms with E-state index in [1.54, 1.807) is 6.92 Å². The molecule has 128 valence electrons. The molecule has 0 saturated heterocycles. The number of carbonyl (C=O) groups is 1. The Labute approximate surface area is 133 Å². The van der Waals surface area contributed by atoms with Gasteiger partial charge in [-0.25, -0.2) is 0 Å². The van der Waals surface area contributed by atoms with Crippen molar-refractivity contribution in [3.05, 3.63) is 0 Å². The SMILES string of the molecule is CCCCP(CCCC)(CCCC)(CCCC)OC(C)=O. The van der Waals surface area contributed by atoms with Crippen molar-refractivity contribution in [2.75, 3.05) is 24.6 Å². The van der Waals surface area contributed by atoms with Gasteiger partial charge in [0.2, 0.25) is 0 Å². The van der Waals surface area contributed by atoms with Gasteiger partial charge in [-0.2, -0.15) is 0 Å². The first-order valence-electron chi connectivity index (χ1n) is 9.18. The third-order valence-corrected chi connectivity index (χ3v) is 11.3. The molecule has 0 amide bonds. The van der Waals surface area contributed by atoms with Gasteiger partial charge in [0.25, 0.3) is 0 Å². The van der Waals surface area contributed by atoms with E-state index in [2.05, 4.69) is 27.7 Å². The van der Waals surface area contributed by atoms with Crippen molar-refractivity contribution >= 4 is 12.8 Å². The standard InChI is InChI=1S/C18H39O2P/c1-6-10-14-21(15-11-7-2,16-12-8-3,17-13-9-4)20-18(5)19/h6-17H2,1-5H3. The van der Waals surface area contributed by atoms with Gasteiger partial charge < -0.3 is 0 Å². The Morgan fingerprint density at radius 2 is 1.00 bits per heavy atom. The van der Waals surface area contributed by atoms with E-state index >= 15 is 0 Å². The van der Waals surface area contributed by atoms with Crippen molar-refractivity contribution in [1.29, 1.82) is 0 Å². The second-order valence-corrected chi connectivity index (χ2v) is 12.4. The van der Waals surface area contributed by atoms with E-state index in [1.165, 1.54) is 76.0 Å². The first kappa shape index (κ1) is 20.9. The fourth-order valence-electron chi connectivity index (χ4n) is 3.45. The Morgan fingerprint density at radius 3 is 1.19 bits per heavy atom. The summed E-state index contributed by atoms with van der Waals surface area (Å²) in [5.41, 5.74) is 0. The number of rotatable bonds is 13. The normalized spacial score (nSPS) is 13.7. The molecule has 0 saturated carbocycles. The van der Waals surface area contributed by atoms with E-state index in [1.807, 2.05) is 0 Å². The van der Waals surface area contributed by atoms with Crippen LogP contribution in [0.25, 0.3) is 0 Å². The van der Waals surface area contributed by atoms with Crippen molar-refractivity contribution in [1.82, 2.24) is 0 Å². The molecule has 0 N–H and O–H groups in total. The van der Waals surface area contributed by atoms with Gasteiger partial charge in [-0.05, 0) is 0 Å². The van der Waals surface area contributed by atoms with Crippen LogP contribution in [0.4, 0.5) is 0 Å². The summed E-state index contributed by atoms with van der Waals surface area (Å²) in [5.74, 6) is -0.0351. The molecule has 2 nitrogen and oxygen atoms in total. The van der Waals surface area contributed by atoms with Gasteiger partial charge in [-0.1, -0.05) is 0 Å². The van der Waals surface area contributed by atoms with Crippen molar-refractivity contribution in [3.63, 3.8) is 0 Å². The van der Waals surface area contributed by atoms with Crippen molar-refractivity contribution in [2.24, 2.45) is 0 Å². The Morgan fingerprint density at radius 1 is 0.714 bits per heavy atom. The van der Waals surface area contributed by atoms with Gasteiger partial charge in [0.05, 0.1) is 0 Å². The molecule has 0 spiro atoms. The Kier molecular flexibility index (Phi) is 10.5. The van der Waals surface area contributed by atoms with Gasteiger partial charge in [-0.15, -0.1) is 0 Å². The maximum absolute atomic E-state index is 11.9. The Bertz CT molecular complexity index is 245. The molecule has 0 unspecified atom stereocenters. The minimum atomic E-state index is -2.33. The average molecular weight is 318 g/mol. The zero-order valence-electron chi connectivity index (χ0n) is 15.2. The third kappa shape index (κ3) is 7.13. The molecule has 0 aromatic heterocycles. The number of hydrogen-bond donors (Lipinski definition) is 0. The number of unbranched alkanes of at least 4 members (excludes halogenated alkanes) is 4. The predicted molar refractivity (Wildman–Crippen MR) is 97.8 cm³/mol. The van der Waals surface area contributed by atoms with Crippen LogP contribution in [0.1, 0.15) is 86.0 Å². The number of hydrogen-bond acceptors (Lipinski definition) is 2. The van der Waals surface area contributed by atoms with Crippen LogP contribution in [-0.2, 0) is 9.32 Å². The molecule has 3 heteroatoms. The van der Waals surface area contributed by atoms with Gasteiger partial charge in [0.15, 0.2) is 0 Å². The molecule has 0 radical (unpaired) electrons. The van der Waals surface area contributed by atoms with Crippen LogP contribution >= 0.6 is 6.83 Å². The second-order valence-electron chi connectivity index (χ2n) is 6.75. The topological polar surface area (TPSA) is 26.3 Å². The zero-order valence-corrected chi connectivity index (χ0v) is 16.1. The fourth-order valence-corrected chi connectivity index (χ4v) is 10.3. The van der Waals surface area contributed by atoms with E-state index in [0.29, 0.717) is 0 Å². The van der Waals surface area contributed by atoms with Crippen LogP contribution in [-0.4, -0.2) is 30.6 Å². The van der Waals surface area contributed by atoms with Gasteiger partial charge in [0.1, 0.15) is 0 Å². The third-order valence-electron chi connectivity index (χ3n) is 4.70. The molecule has 0 aliphatic heterocycles. The summed E-state index contributed by atoms with van der Waals surface area (Å²) >= 11 is 0. The molecule has 0 aliphatic rings. The van der Waals surface area contributed by atoms with Crippen LogP contribution in [0.2, 0.25) is 0 Å². The molecular formula is C18H39O2P. The molecule has 0 rings (SSSR count). The Balaban J connectivity index is 5.50. The quantitative estimate of drug-likeness (QED) is 0.377.